The highest BCUT2D eigenvalue weighted by molar-refractivity contribution is 7.90. The molecule has 1 fully saturated rings. The topological polar surface area (TPSA) is 93.3 Å². The van der Waals surface area contributed by atoms with Gasteiger partial charge in [0.05, 0.1) is 10.3 Å². The molecule has 29 heavy (non-hydrogen) atoms. The third kappa shape index (κ3) is 5.04. The van der Waals surface area contributed by atoms with Gasteiger partial charge in [0.25, 0.3) is 0 Å². The van der Waals surface area contributed by atoms with Crippen molar-refractivity contribution in [2.75, 3.05) is 11.9 Å². The summed E-state index contributed by atoms with van der Waals surface area (Å²) in [6.07, 6.45) is 4.55. The van der Waals surface area contributed by atoms with Crippen molar-refractivity contribution in [2.45, 2.75) is 77.1 Å². The number of nitrogens with one attached hydrogen (secondary N) is 2. The van der Waals surface area contributed by atoms with Gasteiger partial charge in [0.15, 0.2) is 5.58 Å². The Balaban J connectivity index is 1.53. The van der Waals surface area contributed by atoms with Gasteiger partial charge >= 0.3 is 5.76 Å². The monoisotopic (exact) mass is 423 g/mol. The molecule has 0 radical (unpaired) electrons. The Morgan fingerprint density at radius 3 is 2.48 bits per heavy atom. The third-order valence-corrected chi connectivity index (χ3v) is 7.94. The summed E-state index contributed by atoms with van der Waals surface area (Å²) >= 11 is 0. The fraction of sp³-hybridized carbons (Fsp3) is 0.667. The van der Waals surface area contributed by atoms with Crippen molar-refractivity contribution in [1.82, 2.24) is 9.29 Å². The van der Waals surface area contributed by atoms with Gasteiger partial charge in [0.2, 0.25) is 10.0 Å². The molecule has 1 aliphatic carbocycles. The van der Waals surface area contributed by atoms with E-state index in [9.17, 15) is 13.2 Å². The second-order valence-electron chi connectivity index (χ2n) is 9.03. The van der Waals surface area contributed by atoms with E-state index in [2.05, 4.69) is 10.0 Å². The highest BCUT2D eigenvalue weighted by Crippen LogP contribution is 2.27. The number of anilines is 1. The molecule has 0 atom stereocenters. The number of benzene rings is 1. The van der Waals surface area contributed by atoms with Crippen LogP contribution in [0, 0.1) is 5.92 Å². The zero-order valence-corrected chi connectivity index (χ0v) is 18.6. The lowest BCUT2D eigenvalue weighted by Crippen LogP contribution is -2.46. The molecule has 0 saturated heterocycles. The maximum absolute atomic E-state index is 12.3. The van der Waals surface area contributed by atoms with Gasteiger partial charge in [-0.1, -0.05) is 6.92 Å². The van der Waals surface area contributed by atoms with Gasteiger partial charge < -0.3 is 9.73 Å². The number of hydrogen-bond donors (Lipinski definition) is 2. The summed E-state index contributed by atoms with van der Waals surface area (Å²) in [6.45, 7) is 8.68. The second kappa shape index (κ2) is 8.52. The predicted octanol–water partition coefficient (Wildman–Crippen LogP) is 3.69. The van der Waals surface area contributed by atoms with Crippen molar-refractivity contribution >= 4 is 26.8 Å². The molecule has 2 N–H and O–H groups in total. The lowest BCUT2D eigenvalue weighted by Gasteiger charge is -2.31. The molecular weight excluding hydrogens is 390 g/mol. The normalized spacial score (nSPS) is 20.8. The smallest absolute Gasteiger partial charge is 0.408 e. The van der Waals surface area contributed by atoms with E-state index >= 15 is 0 Å². The molecule has 0 unspecified atom stereocenters. The summed E-state index contributed by atoms with van der Waals surface area (Å²) in [5.74, 6) is 0.188. The Morgan fingerprint density at radius 2 is 1.86 bits per heavy atom. The van der Waals surface area contributed by atoms with E-state index in [1.165, 1.54) is 0 Å². The highest BCUT2D eigenvalue weighted by Gasteiger charge is 2.32. The van der Waals surface area contributed by atoms with E-state index < -0.39 is 14.8 Å². The molecule has 0 spiro atoms. The number of oxazole rings is 1. The van der Waals surface area contributed by atoms with E-state index in [0.717, 1.165) is 49.9 Å². The van der Waals surface area contributed by atoms with Crippen LogP contribution in [0.5, 0.6) is 0 Å². The molecule has 0 aliphatic heterocycles. The lowest BCUT2D eigenvalue weighted by atomic mass is 9.86. The largest absolute Gasteiger partial charge is 0.419 e. The van der Waals surface area contributed by atoms with Crippen LogP contribution in [0.4, 0.5) is 5.69 Å². The first kappa shape index (κ1) is 21.9. The zero-order valence-electron chi connectivity index (χ0n) is 17.8. The van der Waals surface area contributed by atoms with Gasteiger partial charge in [0, 0.05) is 30.9 Å². The van der Waals surface area contributed by atoms with Crippen LogP contribution in [0.3, 0.4) is 0 Å². The van der Waals surface area contributed by atoms with Gasteiger partial charge in [-0.05, 0) is 70.9 Å². The fourth-order valence-corrected chi connectivity index (χ4v) is 4.78. The SMILES string of the molecule is CCCn1c(=O)oc2cc(NCC3CCC(NS(=O)(=O)C(C)(C)C)CC3)ccc21. The molecule has 8 heteroatoms. The Hall–Kier alpha value is -1.80. The second-order valence-corrected chi connectivity index (χ2v) is 11.5. The standard InChI is InChI=1S/C21H33N3O4S/c1-5-12-24-18-11-10-17(13-19(18)28-20(24)25)22-14-15-6-8-16(9-7-15)23-29(26,27)21(2,3)4/h10-11,13,15-16,22-23H,5-9,12,14H2,1-4H3. The van der Waals surface area contributed by atoms with E-state index in [4.69, 9.17) is 4.42 Å². The Bertz CT molecular complexity index is 993. The Labute approximate surface area is 172 Å². The van der Waals surface area contributed by atoms with Crippen molar-refractivity contribution in [2.24, 2.45) is 5.92 Å². The van der Waals surface area contributed by atoms with Gasteiger partial charge in [0.1, 0.15) is 0 Å². The van der Waals surface area contributed by atoms with Crippen LogP contribution in [-0.4, -0.2) is 30.3 Å². The van der Waals surface area contributed by atoms with Crippen molar-refractivity contribution in [3.63, 3.8) is 0 Å². The van der Waals surface area contributed by atoms with Gasteiger partial charge in [-0.15, -0.1) is 0 Å². The number of nitrogens with zero attached hydrogens (tertiary/aromatic N) is 1. The molecule has 7 nitrogen and oxygen atoms in total. The van der Waals surface area contributed by atoms with E-state index in [1.807, 2.05) is 25.1 Å². The van der Waals surface area contributed by atoms with Crippen LogP contribution in [-0.2, 0) is 16.6 Å². The predicted molar refractivity (Wildman–Crippen MR) is 117 cm³/mol. The molecule has 3 rings (SSSR count). The zero-order chi connectivity index (χ0) is 21.2. The molecule has 0 bridgehead atoms. The van der Waals surface area contributed by atoms with Crippen molar-refractivity contribution in [3.05, 3.63) is 28.7 Å². The molecule has 1 aromatic heterocycles. The summed E-state index contributed by atoms with van der Waals surface area (Å²) < 4.78 is 33.8. The van der Waals surface area contributed by atoms with Crippen molar-refractivity contribution in [1.29, 1.82) is 0 Å². The molecule has 1 saturated carbocycles. The first-order valence-electron chi connectivity index (χ1n) is 10.5. The minimum atomic E-state index is -3.30. The average molecular weight is 424 g/mol. The minimum absolute atomic E-state index is 0.0273. The minimum Gasteiger partial charge on any atom is -0.408 e. The maximum Gasteiger partial charge on any atom is 0.419 e. The van der Waals surface area contributed by atoms with Gasteiger partial charge in [-0.2, -0.15) is 0 Å². The van der Waals surface area contributed by atoms with Gasteiger partial charge in [-0.3, -0.25) is 4.57 Å². The molecule has 1 aliphatic rings. The van der Waals surface area contributed by atoms with Crippen molar-refractivity contribution < 1.29 is 12.8 Å². The first-order chi connectivity index (χ1) is 13.6. The molecule has 0 amide bonds. The van der Waals surface area contributed by atoms with E-state index in [0.29, 0.717) is 18.0 Å². The molecule has 1 heterocycles. The van der Waals surface area contributed by atoms with Gasteiger partial charge in [-0.25, -0.2) is 17.9 Å². The number of fused-ring (bicyclic) bond motifs is 1. The summed E-state index contributed by atoms with van der Waals surface area (Å²) in [4.78, 5) is 12.0. The van der Waals surface area contributed by atoms with Crippen LogP contribution in [0.1, 0.15) is 59.8 Å². The number of aryl methyl sites for hydroxylation is 1. The van der Waals surface area contributed by atoms with E-state index in [-0.39, 0.29) is 11.8 Å². The van der Waals surface area contributed by atoms with Crippen LogP contribution < -0.4 is 15.8 Å². The maximum atomic E-state index is 12.3. The summed E-state index contributed by atoms with van der Waals surface area (Å²) in [6, 6.07) is 5.81. The summed E-state index contributed by atoms with van der Waals surface area (Å²) in [5.41, 5.74) is 2.37. The van der Waals surface area contributed by atoms with Crippen LogP contribution in [0.15, 0.2) is 27.4 Å². The molecule has 2 aromatic rings. The summed E-state index contributed by atoms with van der Waals surface area (Å²) in [7, 11) is -3.30. The highest BCUT2D eigenvalue weighted by atomic mass is 32.2. The van der Waals surface area contributed by atoms with Crippen LogP contribution in [0.2, 0.25) is 0 Å². The number of aromatic nitrogens is 1. The van der Waals surface area contributed by atoms with E-state index in [1.54, 1.807) is 25.3 Å². The molecular formula is C21H33N3O4S. The molecule has 162 valence electrons. The quantitative estimate of drug-likeness (QED) is 0.708. The third-order valence-electron chi connectivity index (χ3n) is 5.69. The number of sulfonamides is 1. The average Bonchev–Trinajstić information content (AvgIpc) is 2.95. The number of rotatable bonds is 7. The van der Waals surface area contributed by atoms with Crippen LogP contribution >= 0.6 is 0 Å². The molecule has 1 aromatic carbocycles. The fourth-order valence-electron chi connectivity index (χ4n) is 3.75. The van der Waals surface area contributed by atoms with Crippen LogP contribution in [0.25, 0.3) is 11.1 Å². The summed E-state index contributed by atoms with van der Waals surface area (Å²) in [5, 5.41) is 3.44. The number of hydrogen-bond acceptors (Lipinski definition) is 5. The first-order valence-corrected chi connectivity index (χ1v) is 12.0. The lowest BCUT2D eigenvalue weighted by molar-refractivity contribution is 0.322. The Morgan fingerprint density at radius 1 is 1.17 bits per heavy atom. The Kier molecular flexibility index (Phi) is 6.43. The van der Waals surface area contributed by atoms with Crippen molar-refractivity contribution in [3.8, 4) is 0 Å².